The lowest BCUT2D eigenvalue weighted by Gasteiger charge is -1.98. The van der Waals surface area contributed by atoms with Crippen molar-refractivity contribution in [2.75, 3.05) is 5.73 Å². The van der Waals surface area contributed by atoms with Crippen LogP contribution in [0.1, 0.15) is 11.1 Å². The maximum absolute atomic E-state index is 8.52. The second kappa shape index (κ2) is 3.53. The molecule has 0 spiro atoms. The standard InChI is InChI=1S/C7H6IN3/c8-2-6-1-5(3-9)4-11-7(6)10/h1,4H,2H2,(H2,10,11). The number of aromatic nitrogens is 1. The Balaban J connectivity index is 3.15. The van der Waals surface area contributed by atoms with Crippen LogP contribution in [0.5, 0.6) is 0 Å². The quantitative estimate of drug-likeness (QED) is 0.613. The summed E-state index contributed by atoms with van der Waals surface area (Å²) in [6.07, 6.45) is 1.48. The number of nitrogens with zero attached hydrogens (tertiary/aromatic N) is 2. The maximum Gasteiger partial charge on any atom is 0.127 e. The van der Waals surface area contributed by atoms with E-state index >= 15 is 0 Å². The van der Waals surface area contributed by atoms with Crippen LogP contribution in [-0.4, -0.2) is 4.98 Å². The van der Waals surface area contributed by atoms with E-state index in [2.05, 4.69) is 27.6 Å². The third-order valence-corrected chi connectivity index (χ3v) is 2.10. The zero-order valence-electron chi connectivity index (χ0n) is 5.71. The minimum absolute atomic E-state index is 0.512. The predicted molar refractivity (Wildman–Crippen MR) is 51.1 cm³/mol. The van der Waals surface area contributed by atoms with Crippen molar-refractivity contribution in [2.45, 2.75) is 4.43 Å². The molecule has 0 aliphatic carbocycles. The summed E-state index contributed by atoms with van der Waals surface area (Å²) in [7, 11) is 0. The fourth-order valence-electron chi connectivity index (χ4n) is 0.689. The Morgan fingerprint density at radius 1 is 1.73 bits per heavy atom. The summed E-state index contributed by atoms with van der Waals surface area (Å²) >= 11 is 2.18. The zero-order valence-corrected chi connectivity index (χ0v) is 7.87. The Labute approximate surface area is 78.4 Å². The van der Waals surface area contributed by atoms with Crippen molar-refractivity contribution in [3.63, 3.8) is 0 Å². The molecule has 0 radical (unpaired) electrons. The van der Waals surface area contributed by atoms with Crippen molar-refractivity contribution in [3.05, 3.63) is 23.4 Å². The summed E-state index contributed by atoms with van der Waals surface area (Å²) in [5.41, 5.74) is 7.01. The van der Waals surface area contributed by atoms with Gasteiger partial charge in [-0.05, 0) is 6.07 Å². The smallest absolute Gasteiger partial charge is 0.127 e. The van der Waals surface area contributed by atoms with Crippen molar-refractivity contribution in [1.29, 1.82) is 5.26 Å². The molecule has 0 atom stereocenters. The Morgan fingerprint density at radius 3 is 3.00 bits per heavy atom. The van der Waals surface area contributed by atoms with Gasteiger partial charge in [-0.3, -0.25) is 0 Å². The lowest BCUT2D eigenvalue weighted by Crippen LogP contribution is -1.95. The molecule has 0 aliphatic rings. The first kappa shape index (κ1) is 8.27. The molecule has 0 aliphatic heterocycles. The molecule has 1 heterocycles. The second-order valence-corrected chi connectivity index (χ2v) is 2.78. The van der Waals surface area contributed by atoms with Gasteiger partial charge in [0.05, 0.1) is 5.56 Å². The van der Waals surface area contributed by atoms with E-state index in [1.165, 1.54) is 6.20 Å². The molecular formula is C7H6IN3. The number of nitriles is 1. The van der Waals surface area contributed by atoms with Crippen molar-refractivity contribution < 1.29 is 0 Å². The summed E-state index contributed by atoms with van der Waals surface area (Å²) in [5, 5.41) is 8.52. The van der Waals surface area contributed by atoms with Crippen LogP contribution in [-0.2, 0) is 4.43 Å². The highest BCUT2D eigenvalue weighted by Crippen LogP contribution is 2.13. The summed E-state index contributed by atoms with van der Waals surface area (Å²) in [6, 6.07) is 3.77. The molecule has 0 saturated carbocycles. The normalized spacial score (nSPS) is 9.09. The Kier molecular flexibility index (Phi) is 2.65. The molecule has 1 aromatic heterocycles. The van der Waals surface area contributed by atoms with Gasteiger partial charge >= 0.3 is 0 Å². The van der Waals surface area contributed by atoms with Gasteiger partial charge in [0.1, 0.15) is 11.9 Å². The van der Waals surface area contributed by atoms with E-state index in [1.54, 1.807) is 6.07 Å². The van der Waals surface area contributed by atoms with Gasteiger partial charge in [0.2, 0.25) is 0 Å². The highest BCUT2D eigenvalue weighted by molar-refractivity contribution is 14.1. The number of hydrogen-bond acceptors (Lipinski definition) is 3. The van der Waals surface area contributed by atoms with Crippen molar-refractivity contribution in [3.8, 4) is 6.07 Å². The van der Waals surface area contributed by atoms with Gasteiger partial charge in [0.25, 0.3) is 0 Å². The predicted octanol–water partition coefficient (Wildman–Crippen LogP) is 1.47. The lowest BCUT2D eigenvalue weighted by molar-refractivity contribution is 1.25. The first-order valence-corrected chi connectivity index (χ1v) is 4.51. The van der Waals surface area contributed by atoms with Crippen molar-refractivity contribution in [2.24, 2.45) is 0 Å². The number of hydrogen-bond donors (Lipinski definition) is 1. The SMILES string of the molecule is N#Cc1cnc(N)c(CI)c1. The van der Waals surface area contributed by atoms with E-state index in [0.29, 0.717) is 11.4 Å². The van der Waals surface area contributed by atoms with Gasteiger partial charge in [-0.1, -0.05) is 22.6 Å². The van der Waals surface area contributed by atoms with Gasteiger partial charge in [-0.25, -0.2) is 4.98 Å². The molecule has 0 amide bonds. The van der Waals surface area contributed by atoms with Crippen LogP contribution >= 0.6 is 22.6 Å². The first-order chi connectivity index (χ1) is 5.27. The largest absolute Gasteiger partial charge is 0.383 e. The van der Waals surface area contributed by atoms with E-state index in [-0.39, 0.29) is 0 Å². The van der Waals surface area contributed by atoms with Gasteiger partial charge in [0.15, 0.2) is 0 Å². The number of alkyl halides is 1. The monoisotopic (exact) mass is 259 g/mol. The van der Waals surface area contributed by atoms with E-state index < -0.39 is 0 Å². The zero-order chi connectivity index (χ0) is 8.27. The van der Waals surface area contributed by atoms with Gasteiger partial charge in [-0.15, -0.1) is 0 Å². The third kappa shape index (κ3) is 1.80. The summed E-state index contributed by atoms with van der Waals surface area (Å²) < 4.78 is 0.784. The molecule has 1 rings (SSSR count). The molecule has 3 nitrogen and oxygen atoms in total. The van der Waals surface area contributed by atoms with Crippen LogP contribution in [0.3, 0.4) is 0 Å². The average Bonchev–Trinajstić information content (AvgIpc) is 2.05. The van der Waals surface area contributed by atoms with E-state index in [0.717, 1.165) is 9.99 Å². The van der Waals surface area contributed by atoms with Crippen LogP contribution in [0, 0.1) is 11.3 Å². The molecule has 56 valence electrons. The van der Waals surface area contributed by atoms with Crippen LogP contribution in [0.25, 0.3) is 0 Å². The van der Waals surface area contributed by atoms with Crippen LogP contribution in [0.2, 0.25) is 0 Å². The topological polar surface area (TPSA) is 62.7 Å². The number of rotatable bonds is 1. The molecule has 0 bridgehead atoms. The summed E-state index contributed by atoms with van der Waals surface area (Å²) in [4.78, 5) is 3.87. The maximum atomic E-state index is 8.52. The van der Waals surface area contributed by atoms with Gasteiger partial charge < -0.3 is 5.73 Å². The molecule has 11 heavy (non-hydrogen) atoms. The molecule has 0 fully saturated rings. The minimum Gasteiger partial charge on any atom is -0.383 e. The number of nitrogen functional groups attached to an aromatic ring is 1. The van der Waals surface area contributed by atoms with Crippen molar-refractivity contribution >= 4 is 28.4 Å². The summed E-state index contributed by atoms with van der Waals surface area (Å²) in [5.74, 6) is 0.512. The molecule has 0 unspecified atom stereocenters. The van der Waals surface area contributed by atoms with Gasteiger partial charge in [-0.2, -0.15) is 5.26 Å². The molecule has 2 N–H and O–H groups in total. The first-order valence-electron chi connectivity index (χ1n) is 2.98. The minimum atomic E-state index is 0.512. The van der Waals surface area contributed by atoms with E-state index in [4.69, 9.17) is 11.0 Å². The van der Waals surface area contributed by atoms with Gasteiger partial charge in [0, 0.05) is 16.2 Å². The molecular weight excluding hydrogens is 253 g/mol. The van der Waals surface area contributed by atoms with E-state index in [9.17, 15) is 0 Å². The fourth-order valence-corrected chi connectivity index (χ4v) is 1.30. The number of nitrogens with two attached hydrogens (primary N) is 1. The highest BCUT2D eigenvalue weighted by atomic mass is 127. The lowest BCUT2D eigenvalue weighted by atomic mass is 10.2. The Bertz CT molecular complexity index is 303. The molecule has 0 saturated heterocycles. The molecule has 0 aromatic carbocycles. The summed E-state index contributed by atoms with van der Waals surface area (Å²) in [6.45, 7) is 0. The number of halogens is 1. The molecule has 4 heteroatoms. The van der Waals surface area contributed by atoms with Crippen LogP contribution in [0.4, 0.5) is 5.82 Å². The second-order valence-electron chi connectivity index (χ2n) is 2.01. The Morgan fingerprint density at radius 2 is 2.45 bits per heavy atom. The number of pyridine rings is 1. The van der Waals surface area contributed by atoms with E-state index in [1.807, 2.05) is 6.07 Å². The average molecular weight is 259 g/mol. The molecule has 1 aromatic rings. The van der Waals surface area contributed by atoms with Crippen LogP contribution in [0.15, 0.2) is 12.3 Å². The van der Waals surface area contributed by atoms with Crippen molar-refractivity contribution in [1.82, 2.24) is 4.98 Å². The third-order valence-electron chi connectivity index (χ3n) is 1.27. The fraction of sp³-hybridized carbons (Fsp3) is 0.143. The number of anilines is 1. The van der Waals surface area contributed by atoms with Crippen LogP contribution < -0.4 is 5.73 Å². The highest BCUT2D eigenvalue weighted by Gasteiger charge is 1.99. The Hall–Kier alpha value is -0.830.